The van der Waals surface area contributed by atoms with E-state index in [2.05, 4.69) is 10.6 Å². The van der Waals surface area contributed by atoms with Crippen molar-refractivity contribution in [3.05, 3.63) is 64.2 Å². The molecule has 10 heteroatoms. The van der Waals surface area contributed by atoms with E-state index in [-0.39, 0.29) is 17.3 Å². The normalized spacial score (nSPS) is 11.9. The number of rotatable bonds is 8. The van der Waals surface area contributed by atoms with Gasteiger partial charge in [-0.05, 0) is 48.4 Å². The van der Waals surface area contributed by atoms with E-state index < -0.39 is 4.92 Å². The van der Waals surface area contributed by atoms with Crippen molar-refractivity contribution in [2.45, 2.75) is 6.42 Å². The molecule has 1 heterocycles. The van der Waals surface area contributed by atoms with Gasteiger partial charge in [-0.1, -0.05) is 6.07 Å². The first-order valence-corrected chi connectivity index (χ1v) is 10.5. The Hall–Kier alpha value is -4.31. The molecule has 3 aromatic carbocycles. The highest BCUT2D eigenvalue weighted by Crippen LogP contribution is 2.41. The largest absolute Gasteiger partial charge is 0.493 e. The van der Waals surface area contributed by atoms with E-state index in [1.165, 1.54) is 20.3 Å². The zero-order valence-electron chi connectivity index (χ0n) is 18.7. The average molecular weight is 464 g/mol. The van der Waals surface area contributed by atoms with Crippen LogP contribution in [-0.4, -0.2) is 38.2 Å². The summed E-state index contributed by atoms with van der Waals surface area (Å²) in [5.74, 6) is 0.881. The zero-order chi connectivity index (χ0) is 24.2. The van der Waals surface area contributed by atoms with E-state index in [1.807, 2.05) is 6.07 Å². The molecule has 0 unspecified atom stereocenters. The molecule has 0 saturated carbocycles. The number of amides is 1. The maximum atomic E-state index is 12.9. The minimum atomic E-state index is -0.496. The number of fused-ring (bicyclic) bond motifs is 2. The van der Waals surface area contributed by atoms with Crippen molar-refractivity contribution in [1.82, 2.24) is 0 Å². The molecule has 0 saturated heterocycles. The lowest BCUT2D eigenvalue weighted by Crippen LogP contribution is -2.11. The van der Waals surface area contributed by atoms with Crippen LogP contribution in [0.1, 0.15) is 16.8 Å². The molecule has 10 nitrogen and oxygen atoms in total. The molecular formula is C24H24N4O6. The Morgan fingerprint density at radius 1 is 0.882 bits per heavy atom. The number of nitrogens with two attached hydrogens (primary N) is 1. The van der Waals surface area contributed by atoms with Crippen molar-refractivity contribution in [3.63, 3.8) is 0 Å². The van der Waals surface area contributed by atoms with Crippen LogP contribution in [0.25, 0.3) is 11.1 Å². The summed E-state index contributed by atoms with van der Waals surface area (Å²) in [4.78, 5) is 23.6. The molecule has 176 valence electrons. The molecule has 4 rings (SSSR count). The molecular weight excluding hydrogens is 440 g/mol. The number of nitro benzene ring substituents is 1. The summed E-state index contributed by atoms with van der Waals surface area (Å²) in [5.41, 5.74) is 9.09. The predicted molar refractivity (Wildman–Crippen MR) is 128 cm³/mol. The second-order valence-corrected chi connectivity index (χ2v) is 7.52. The average Bonchev–Trinajstić information content (AvgIpc) is 2.97. The highest BCUT2D eigenvalue weighted by molar-refractivity contribution is 6.12. The van der Waals surface area contributed by atoms with E-state index in [0.29, 0.717) is 59.3 Å². The maximum absolute atomic E-state index is 12.9. The highest BCUT2D eigenvalue weighted by atomic mass is 16.6. The zero-order valence-corrected chi connectivity index (χ0v) is 18.7. The Labute approximate surface area is 195 Å². The van der Waals surface area contributed by atoms with E-state index in [4.69, 9.17) is 19.9 Å². The Balaban J connectivity index is 1.73. The van der Waals surface area contributed by atoms with Gasteiger partial charge in [0.25, 0.3) is 5.91 Å². The summed E-state index contributed by atoms with van der Waals surface area (Å²) in [5, 5.41) is 17.4. The monoisotopic (exact) mass is 464 g/mol. The van der Waals surface area contributed by atoms with Crippen LogP contribution in [0, 0.1) is 10.1 Å². The van der Waals surface area contributed by atoms with Crippen LogP contribution >= 0.6 is 0 Å². The van der Waals surface area contributed by atoms with E-state index in [9.17, 15) is 14.9 Å². The van der Waals surface area contributed by atoms with Crippen molar-refractivity contribution in [3.8, 4) is 28.4 Å². The van der Waals surface area contributed by atoms with Crippen LogP contribution < -0.4 is 30.6 Å². The lowest BCUT2D eigenvalue weighted by molar-refractivity contribution is -0.385. The molecule has 1 amide bonds. The summed E-state index contributed by atoms with van der Waals surface area (Å²) >= 11 is 0. The number of hydrogen-bond acceptors (Lipinski definition) is 8. The lowest BCUT2D eigenvalue weighted by atomic mass is 10.0. The van der Waals surface area contributed by atoms with Gasteiger partial charge in [0.15, 0.2) is 17.2 Å². The number of nitrogens with zero attached hydrogens (tertiary/aromatic N) is 1. The number of nitro groups is 1. The van der Waals surface area contributed by atoms with Crippen LogP contribution in [0.3, 0.4) is 0 Å². The second kappa shape index (κ2) is 9.67. The van der Waals surface area contributed by atoms with Gasteiger partial charge < -0.3 is 30.6 Å². The van der Waals surface area contributed by atoms with Crippen LogP contribution in [0.2, 0.25) is 0 Å². The molecule has 1 aliphatic heterocycles. The fourth-order valence-corrected chi connectivity index (χ4v) is 3.67. The van der Waals surface area contributed by atoms with Crippen LogP contribution in [0.5, 0.6) is 17.2 Å². The van der Waals surface area contributed by atoms with Gasteiger partial charge in [0.1, 0.15) is 0 Å². The highest BCUT2D eigenvalue weighted by Gasteiger charge is 2.23. The summed E-state index contributed by atoms with van der Waals surface area (Å²) in [6, 6.07) is 13.4. The number of nitrogens with one attached hydrogen (secondary N) is 2. The number of hydrogen-bond donors (Lipinski definition) is 3. The van der Waals surface area contributed by atoms with Crippen LogP contribution in [-0.2, 0) is 0 Å². The van der Waals surface area contributed by atoms with Gasteiger partial charge in [-0.15, -0.1) is 0 Å². The Morgan fingerprint density at radius 2 is 1.56 bits per heavy atom. The first-order valence-electron chi connectivity index (χ1n) is 10.5. The molecule has 1 aliphatic rings. The molecule has 0 aromatic heterocycles. The number of ether oxygens (including phenoxy) is 3. The smallest absolute Gasteiger partial charge is 0.310 e. The Morgan fingerprint density at radius 3 is 2.26 bits per heavy atom. The van der Waals surface area contributed by atoms with Crippen LogP contribution in [0.4, 0.5) is 22.7 Å². The fourth-order valence-electron chi connectivity index (χ4n) is 3.67. The number of benzene rings is 3. The van der Waals surface area contributed by atoms with Gasteiger partial charge in [-0.25, -0.2) is 0 Å². The summed E-state index contributed by atoms with van der Waals surface area (Å²) in [7, 11) is 2.91. The molecule has 3 aromatic rings. The summed E-state index contributed by atoms with van der Waals surface area (Å²) in [6.45, 7) is 0.936. The molecule has 0 fully saturated rings. The van der Waals surface area contributed by atoms with Gasteiger partial charge in [0, 0.05) is 18.2 Å². The molecule has 34 heavy (non-hydrogen) atoms. The first-order chi connectivity index (χ1) is 16.4. The van der Waals surface area contributed by atoms with Crippen LogP contribution in [0.15, 0.2) is 48.5 Å². The van der Waals surface area contributed by atoms with Gasteiger partial charge in [-0.3, -0.25) is 14.9 Å². The Bertz CT molecular complexity index is 1260. The van der Waals surface area contributed by atoms with E-state index in [1.54, 1.807) is 36.4 Å². The molecule has 4 N–H and O–H groups in total. The summed E-state index contributed by atoms with van der Waals surface area (Å²) in [6.07, 6.45) is 0.690. The molecule has 0 atom stereocenters. The number of methoxy groups -OCH3 is 2. The van der Waals surface area contributed by atoms with Gasteiger partial charge in [-0.2, -0.15) is 0 Å². The van der Waals surface area contributed by atoms with Crippen molar-refractivity contribution < 1.29 is 23.9 Å². The second-order valence-electron chi connectivity index (χ2n) is 7.52. The maximum Gasteiger partial charge on any atom is 0.310 e. The standard InChI is InChI=1S/C24H24N4O6/c1-32-21-11-15(5-7-20(21)28(30)31)14-4-6-16-17(10-14)26-18-13-23(34-9-3-8-25)22(33-2)12-19(18)27-24(16)29/h4-7,10-13,26H,3,8-9,25H2,1-2H3,(H,27,29). The molecule has 0 aliphatic carbocycles. The first kappa shape index (κ1) is 22.9. The number of carbonyl (C=O) groups excluding carboxylic acids is 1. The van der Waals surface area contributed by atoms with Crippen molar-refractivity contribution >= 4 is 28.7 Å². The van der Waals surface area contributed by atoms with Gasteiger partial charge in [0.05, 0.1) is 48.4 Å². The summed E-state index contributed by atoms with van der Waals surface area (Å²) < 4.78 is 16.4. The number of anilines is 3. The van der Waals surface area contributed by atoms with E-state index in [0.717, 1.165) is 5.56 Å². The fraction of sp³-hybridized carbons (Fsp3) is 0.208. The molecule has 0 spiro atoms. The lowest BCUT2D eigenvalue weighted by Gasteiger charge is -2.16. The topological polar surface area (TPSA) is 138 Å². The van der Waals surface area contributed by atoms with Crippen molar-refractivity contribution in [2.75, 3.05) is 38.0 Å². The molecule has 0 radical (unpaired) electrons. The van der Waals surface area contributed by atoms with Gasteiger partial charge in [0.2, 0.25) is 0 Å². The third kappa shape index (κ3) is 4.44. The third-order valence-corrected chi connectivity index (χ3v) is 5.40. The SMILES string of the molecule is COc1cc2c(cc1OCCCN)Nc1cc(-c3ccc([N+](=O)[O-])c(OC)c3)ccc1C(=O)N2. The molecule has 0 bridgehead atoms. The number of carbonyl (C=O) groups is 1. The van der Waals surface area contributed by atoms with Crippen molar-refractivity contribution in [1.29, 1.82) is 0 Å². The minimum absolute atomic E-state index is 0.122. The van der Waals surface area contributed by atoms with E-state index >= 15 is 0 Å². The van der Waals surface area contributed by atoms with Crippen molar-refractivity contribution in [2.24, 2.45) is 5.73 Å². The minimum Gasteiger partial charge on any atom is -0.493 e. The predicted octanol–water partition coefficient (Wildman–Crippen LogP) is 4.32. The third-order valence-electron chi connectivity index (χ3n) is 5.40. The van der Waals surface area contributed by atoms with Gasteiger partial charge >= 0.3 is 5.69 Å². The Kier molecular flexibility index (Phi) is 6.51. The quantitative estimate of drug-likeness (QED) is 0.255.